The van der Waals surface area contributed by atoms with E-state index in [1.807, 2.05) is 35.0 Å². The number of benzene rings is 1. The molecule has 1 aromatic carbocycles. The fraction of sp³-hybridized carbons (Fsp3) is 0.182. The van der Waals surface area contributed by atoms with Gasteiger partial charge in [0, 0.05) is 18.7 Å². The summed E-state index contributed by atoms with van der Waals surface area (Å²) in [6.45, 7) is 0.537. The molecular weight excluding hydrogens is 176 g/mol. The van der Waals surface area contributed by atoms with Gasteiger partial charge in [-0.25, -0.2) is 0 Å². The van der Waals surface area contributed by atoms with Gasteiger partial charge in [-0.3, -0.25) is 0 Å². The summed E-state index contributed by atoms with van der Waals surface area (Å²) >= 11 is 0. The first-order valence-electron chi connectivity index (χ1n) is 4.33. The van der Waals surface area contributed by atoms with E-state index in [1.54, 1.807) is 7.11 Å². The highest BCUT2D eigenvalue weighted by molar-refractivity contribution is 5.81. The molecule has 0 radical (unpaired) electrons. The van der Waals surface area contributed by atoms with Crippen LogP contribution in [-0.2, 0) is 11.5 Å². The first-order chi connectivity index (χ1) is 6.85. The van der Waals surface area contributed by atoms with Crippen LogP contribution in [0, 0.1) is 11.3 Å². The molecule has 0 bridgehead atoms. The zero-order chi connectivity index (χ0) is 9.97. The maximum Gasteiger partial charge on any atom is 0.122 e. The molecule has 0 unspecified atom stereocenters. The molecule has 3 heteroatoms. The van der Waals surface area contributed by atoms with Gasteiger partial charge in [0.05, 0.1) is 17.1 Å². The number of aromatic nitrogens is 1. The number of rotatable bonds is 2. The summed E-state index contributed by atoms with van der Waals surface area (Å²) in [7, 11) is 1.66. The monoisotopic (exact) mass is 186 g/mol. The van der Waals surface area contributed by atoms with Gasteiger partial charge in [-0.1, -0.05) is 0 Å². The van der Waals surface area contributed by atoms with Crippen LogP contribution in [0.2, 0.25) is 0 Å². The predicted octanol–water partition coefficient (Wildman–Crippen LogP) is 2.12. The smallest absolute Gasteiger partial charge is 0.122 e. The molecule has 0 aliphatic heterocycles. The van der Waals surface area contributed by atoms with Crippen molar-refractivity contribution in [3.05, 3.63) is 36.0 Å². The minimum atomic E-state index is 0.537. The van der Waals surface area contributed by atoms with E-state index in [-0.39, 0.29) is 0 Å². The van der Waals surface area contributed by atoms with Gasteiger partial charge in [0.15, 0.2) is 0 Å². The summed E-state index contributed by atoms with van der Waals surface area (Å²) in [5.41, 5.74) is 1.78. The fourth-order valence-electron chi connectivity index (χ4n) is 1.52. The average molecular weight is 186 g/mol. The van der Waals surface area contributed by atoms with Crippen LogP contribution >= 0.6 is 0 Å². The molecule has 0 atom stereocenters. The number of methoxy groups -OCH3 is 1. The molecule has 2 rings (SSSR count). The molecule has 70 valence electrons. The molecule has 1 aromatic heterocycles. The maximum atomic E-state index is 8.73. The Bertz CT molecular complexity index is 493. The van der Waals surface area contributed by atoms with Crippen molar-refractivity contribution in [1.82, 2.24) is 4.57 Å². The second-order valence-electron chi connectivity index (χ2n) is 3.09. The molecule has 14 heavy (non-hydrogen) atoms. The highest BCUT2D eigenvalue weighted by Crippen LogP contribution is 2.17. The van der Waals surface area contributed by atoms with Gasteiger partial charge in [-0.2, -0.15) is 5.26 Å². The Hall–Kier alpha value is -1.79. The van der Waals surface area contributed by atoms with Crippen molar-refractivity contribution in [2.45, 2.75) is 6.73 Å². The summed E-state index contributed by atoms with van der Waals surface area (Å²) in [6.07, 6.45) is 1.95. The van der Waals surface area contributed by atoms with Crippen molar-refractivity contribution in [2.75, 3.05) is 7.11 Å². The fourth-order valence-corrected chi connectivity index (χ4v) is 1.52. The van der Waals surface area contributed by atoms with Gasteiger partial charge in [0.2, 0.25) is 0 Å². The van der Waals surface area contributed by atoms with Crippen LogP contribution in [0.4, 0.5) is 0 Å². The normalized spacial score (nSPS) is 10.3. The van der Waals surface area contributed by atoms with Crippen molar-refractivity contribution >= 4 is 10.9 Å². The number of hydrogen-bond donors (Lipinski definition) is 0. The molecule has 0 aliphatic carbocycles. The standard InChI is InChI=1S/C11H10N2O/c1-14-8-13-5-4-10-6-9(7-12)2-3-11(10)13/h2-6H,8H2,1H3. The van der Waals surface area contributed by atoms with Gasteiger partial charge < -0.3 is 9.30 Å². The minimum Gasteiger partial charge on any atom is -0.364 e. The zero-order valence-electron chi connectivity index (χ0n) is 7.90. The van der Waals surface area contributed by atoms with Crippen LogP contribution in [-0.4, -0.2) is 11.7 Å². The number of fused-ring (bicyclic) bond motifs is 1. The summed E-state index contributed by atoms with van der Waals surface area (Å²) in [4.78, 5) is 0. The lowest BCUT2D eigenvalue weighted by Gasteiger charge is -2.02. The highest BCUT2D eigenvalue weighted by atomic mass is 16.5. The number of nitrogens with zero attached hydrogens (tertiary/aromatic N) is 2. The van der Waals surface area contributed by atoms with Crippen molar-refractivity contribution < 1.29 is 4.74 Å². The Labute approximate surface area is 82.1 Å². The molecule has 0 aliphatic rings. The lowest BCUT2D eigenvalue weighted by atomic mass is 10.2. The number of nitriles is 1. The first-order valence-corrected chi connectivity index (χ1v) is 4.33. The summed E-state index contributed by atoms with van der Waals surface area (Å²) in [5, 5.41) is 9.80. The van der Waals surface area contributed by atoms with Crippen molar-refractivity contribution in [1.29, 1.82) is 5.26 Å². The second-order valence-corrected chi connectivity index (χ2v) is 3.09. The SMILES string of the molecule is COCn1ccc2cc(C#N)ccc21. The van der Waals surface area contributed by atoms with Crippen LogP contribution < -0.4 is 0 Å². The van der Waals surface area contributed by atoms with E-state index in [0.717, 1.165) is 10.9 Å². The molecular formula is C11H10N2O. The van der Waals surface area contributed by atoms with Gasteiger partial charge in [0.1, 0.15) is 6.73 Å². The third kappa shape index (κ3) is 1.36. The highest BCUT2D eigenvalue weighted by Gasteiger charge is 2.00. The van der Waals surface area contributed by atoms with E-state index in [0.29, 0.717) is 12.3 Å². The summed E-state index contributed by atoms with van der Waals surface area (Å²) < 4.78 is 7.05. The van der Waals surface area contributed by atoms with Crippen LogP contribution in [0.5, 0.6) is 0 Å². The van der Waals surface area contributed by atoms with E-state index in [9.17, 15) is 0 Å². The zero-order valence-corrected chi connectivity index (χ0v) is 7.90. The lowest BCUT2D eigenvalue weighted by molar-refractivity contribution is 0.135. The topological polar surface area (TPSA) is 38.0 Å². The van der Waals surface area contributed by atoms with Crippen LogP contribution in [0.15, 0.2) is 30.5 Å². The van der Waals surface area contributed by atoms with Gasteiger partial charge >= 0.3 is 0 Å². The van der Waals surface area contributed by atoms with E-state index in [2.05, 4.69) is 6.07 Å². The van der Waals surface area contributed by atoms with Crippen molar-refractivity contribution in [3.63, 3.8) is 0 Å². The number of ether oxygens (including phenoxy) is 1. The molecule has 3 nitrogen and oxygen atoms in total. The molecule has 0 spiro atoms. The van der Waals surface area contributed by atoms with E-state index >= 15 is 0 Å². The third-order valence-corrected chi connectivity index (χ3v) is 2.17. The first kappa shape index (κ1) is 8.79. The average Bonchev–Trinajstić information content (AvgIpc) is 2.61. The van der Waals surface area contributed by atoms with E-state index in [4.69, 9.17) is 10.00 Å². The Kier molecular flexibility index (Phi) is 2.21. The molecule has 2 aromatic rings. The summed E-state index contributed by atoms with van der Waals surface area (Å²) in [5.74, 6) is 0. The Morgan fingerprint density at radius 3 is 3.00 bits per heavy atom. The third-order valence-electron chi connectivity index (χ3n) is 2.17. The van der Waals surface area contributed by atoms with Gasteiger partial charge in [-0.05, 0) is 24.3 Å². The van der Waals surface area contributed by atoms with E-state index < -0.39 is 0 Å². The van der Waals surface area contributed by atoms with Crippen molar-refractivity contribution in [2.24, 2.45) is 0 Å². The molecule has 0 amide bonds. The van der Waals surface area contributed by atoms with Crippen molar-refractivity contribution in [3.8, 4) is 6.07 Å². The van der Waals surface area contributed by atoms with Crippen LogP contribution in [0.25, 0.3) is 10.9 Å². The lowest BCUT2D eigenvalue weighted by Crippen LogP contribution is -1.96. The van der Waals surface area contributed by atoms with Crippen LogP contribution in [0.1, 0.15) is 5.56 Å². The Balaban J connectivity index is 2.55. The second kappa shape index (κ2) is 3.52. The Morgan fingerprint density at radius 2 is 2.29 bits per heavy atom. The molecule has 0 saturated heterocycles. The van der Waals surface area contributed by atoms with Gasteiger partial charge in [-0.15, -0.1) is 0 Å². The van der Waals surface area contributed by atoms with Gasteiger partial charge in [0.25, 0.3) is 0 Å². The Morgan fingerprint density at radius 1 is 1.43 bits per heavy atom. The predicted molar refractivity (Wildman–Crippen MR) is 53.7 cm³/mol. The van der Waals surface area contributed by atoms with Crippen LogP contribution in [0.3, 0.4) is 0 Å². The molecule has 0 fully saturated rings. The molecule has 0 saturated carbocycles. The molecule has 0 N–H and O–H groups in total. The number of hydrogen-bond acceptors (Lipinski definition) is 2. The quantitative estimate of drug-likeness (QED) is 0.720. The minimum absolute atomic E-state index is 0.537. The maximum absolute atomic E-state index is 8.73. The van der Waals surface area contributed by atoms with E-state index in [1.165, 1.54) is 0 Å². The largest absolute Gasteiger partial charge is 0.364 e. The summed E-state index contributed by atoms with van der Waals surface area (Å²) in [6, 6.07) is 9.73. The molecule has 1 heterocycles.